The minimum atomic E-state index is -4.13. The van der Waals surface area contributed by atoms with Gasteiger partial charge in [-0.1, -0.05) is 0 Å². The zero-order valence-corrected chi connectivity index (χ0v) is 12.3. The van der Waals surface area contributed by atoms with Gasteiger partial charge in [-0.15, -0.1) is 0 Å². The predicted octanol–water partition coefficient (Wildman–Crippen LogP) is -2.66. The van der Waals surface area contributed by atoms with Crippen LogP contribution in [0.2, 0.25) is 0 Å². The molecule has 0 aliphatic heterocycles. The molecule has 0 spiro atoms. The van der Waals surface area contributed by atoms with E-state index in [4.69, 9.17) is 14.8 Å². The van der Waals surface area contributed by atoms with Gasteiger partial charge in [-0.2, -0.15) is 8.42 Å². The van der Waals surface area contributed by atoms with Crippen LogP contribution in [0.5, 0.6) is 0 Å². The van der Waals surface area contributed by atoms with Crippen molar-refractivity contribution in [2.75, 3.05) is 5.75 Å². The largest absolute Gasteiger partial charge is 1.00 e. The van der Waals surface area contributed by atoms with Gasteiger partial charge in [-0.3, -0.25) is 14.1 Å². The molecule has 0 aromatic carbocycles. The van der Waals surface area contributed by atoms with Crippen LogP contribution >= 0.6 is 0 Å². The zero-order chi connectivity index (χ0) is 12.8. The number of aliphatic carboxylic acids is 2. The first-order chi connectivity index (χ1) is 7.20. The van der Waals surface area contributed by atoms with Crippen molar-refractivity contribution in [3.8, 4) is 0 Å². The fourth-order valence-electron chi connectivity index (χ4n) is 1.24. The molecule has 0 radical (unpaired) electrons. The van der Waals surface area contributed by atoms with Gasteiger partial charge in [0, 0.05) is 12.8 Å². The second-order valence-corrected chi connectivity index (χ2v) is 5.04. The van der Waals surface area contributed by atoms with Crippen molar-refractivity contribution in [2.24, 2.45) is 5.92 Å². The molecule has 0 fully saturated rings. The molecule has 7 nitrogen and oxygen atoms in total. The first-order valence-corrected chi connectivity index (χ1v) is 6.20. The van der Waals surface area contributed by atoms with Gasteiger partial charge in [0.2, 0.25) is 0 Å². The number of hydrogen-bond donors (Lipinski definition) is 3. The maximum absolute atomic E-state index is 10.5. The van der Waals surface area contributed by atoms with Crippen molar-refractivity contribution < 1.29 is 63.8 Å². The van der Waals surface area contributed by atoms with E-state index in [1.807, 2.05) is 0 Å². The normalized spacial score (nSPS) is 12.5. The van der Waals surface area contributed by atoms with Crippen molar-refractivity contribution in [1.29, 1.82) is 0 Å². The predicted molar refractivity (Wildman–Crippen MR) is 54.8 cm³/mol. The van der Waals surface area contributed by atoms with Crippen LogP contribution in [-0.2, 0) is 19.7 Å². The summed E-state index contributed by atoms with van der Waals surface area (Å²) in [6.07, 6.45) is -0.498. The van der Waals surface area contributed by atoms with Crippen LogP contribution in [-0.4, -0.2) is 40.9 Å². The van der Waals surface area contributed by atoms with Gasteiger partial charge >= 0.3 is 41.5 Å². The molecule has 0 heterocycles. The first-order valence-electron chi connectivity index (χ1n) is 4.59. The van der Waals surface area contributed by atoms with Gasteiger partial charge in [-0.05, 0) is 18.8 Å². The molecule has 0 aromatic heterocycles. The van der Waals surface area contributed by atoms with Crippen LogP contribution < -0.4 is 29.6 Å². The number of carbonyl (C=O) groups is 2. The Morgan fingerprint density at radius 3 is 2.00 bits per heavy atom. The zero-order valence-electron chi connectivity index (χ0n) is 10.5. The van der Waals surface area contributed by atoms with E-state index in [-0.39, 0.29) is 56.7 Å². The molecule has 1 atom stereocenters. The van der Waals surface area contributed by atoms with Crippen LogP contribution in [0.15, 0.2) is 0 Å². The quantitative estimate of drug-likeness (QED) is 0.326. The van der Waals surface area contributed by atoms with Crippen molar-refractivity contribution in [3.63, 3.8) is 0 Å². The molecule has 9 heteroatoms. The summed E-state index contributed by atoms with van der Waals surface area (Å²) in [4.78, 5) is 20.7. The molecule has 0 rings (SSSR count). The van der Waals surface area contributed by atoms with Crippen molar-refractivity contribution in [3.05, 3.63) is 0 Å². The molecule has 0 amide bonds. The maximum atomic E-state index is 10.5. The third-order valence-electron chi connectivity index (χ3n) is 2.01. The van der Waals surface area contributed by atoms with E-state index in [1.54, 1.807) is 0 Å². The van der Waals surface area contributed by atoms with E-state index >= 15 is 0 Å². The summed E-state index contributed by atoms with van der Waals surface area (Å²) in [6, 6.07) is 0. The molecule has 0 saturated heterocycles. The van der Waals surface area contributed by atoms with E-state index in [0.717, 1.165) is 0 Å². The molecule has 0 saturated carbocycles. The third kappa shape index (κ3) is 13.8. The van der Waals surface area contributed by atoms with Gasteiger partial charge in [0.15, 0.2) is 0 Å². The molecular formula is C8H15NaO7S. The number of carboxylic acid groups (broad SMARTS) is 2. The summed E-state index contributed by atoms with van der Waals surface area (Å²) in [5.41, 5.74) is 0. The Bertz CT molecular complexity index is 356. The van der Waals surface area contributed by atoms with Gasteiger partial charge in [0.25, 0.3) is 10.1 Å². The Morgan fingerprint density at radius 2 is 1.65 bits per heavy atom. The molecule has 0 aromatic rings. The van der Waals surface area contributed by atoms with E-state index in [0.29, 0.717) is 0 Å². The molecule has 17 heavy (non-hydrogen) atoms. The van der Waals surface area contributed by atoms with Gasteiger partial charge in [0.05, 0.1) is 5.75 Å². The minimum absolute atomic E-state index is 0. The SMILES string of the molecule is O=C(O)CCC(CCS(=O)(=O)O)CC(=O)O.[H-].[Na+]. The summed E-state index contributed by atoms with van der Waals surface area (Å²) < 4.78 is 29.4. The van der Waals surface area contributed by atoms with Crippen molar-refractivity contribution in [1.82, 2.24) is 0 Å². The molecule has 3 N–H and O–H groups in total. The first kappa shape index (κ1) is 19.2. The Hall–Kier alpha value is -0.150. The second-order valence-electron chi connectivity index (χ2n) is 3.47. The Balaban J connectivity index is -0.00000112. The summed E-state index contributed by atoms with van der Waals surface area (Å²) in [5.74, 6) is -3.30. The van der Waals surface area contributed by atoms with Crippen LogP contribution in [0, 0.1) is 5.92 Å². The number of carboxylic acids is 2. The molecule has 0 aliphatic rings. The molecular weight excluding hydrogens is 263 g/mol. The molecule has 1 unspecified atom stereocenters. The summed E-state index contributed by atoms with van der Waals surface area (Å²) in [5, 5.41) is 16.9. The van der Waals surface area contributed by atoms with Gasteiger partial charge < -0.3 is 11.6 Å². The van der Waals surface area contributed by atoms with Crippen molar-refractivity contribution in [2.45, 2.75) is 25.7 Å². The summed E-state index contributed by atoms with van der Waals surface area (Å²) >= 11 is 0. The number of rotatable bonds is 8. The average molecular weight is 278 g/mol. The van der Waals surface area contributed by atoms with Crippen LogP contribution in [0.1, 0.15) is 27.1 Å². The fourth-order valence-corrected chi connectivity index (χ4v) is 1.87. The molecule has 96 valence electrons. The van der Waals surface area contributed by atoms with E-state index in [2.05, 4.69) is 0 Å². The fraction of sp³-hybridized carbons (Fsp3) is 0.750. The molecule has 0 aliphatic carbocycles. The second kappa shape index (κ2) is 8.87. The molecule has 0 bridgehead atoms. The smallest absolute Gasteiger partial charge is 1.00 e. The minimum Gasteiger partial charge on any atom is -1.00 e. The summed E-state index contributed by atoms with van der Waals surface area (Å²) in [6.45, 7) is 0. The number of hydrogen-bond acceptors (Lipinski definition) is 4. The monoisotopic (exact) mass is 278 g/mol. The van der Waals surface area contributed by atoms with E-state index in [9.17, 15) is 18.0 Å². The van der Waals surface area contributed by atoms with Crippen LogP contribution in [0.4, 0.5) is 0 Å². The van der Waals surface area contributed by atoms with Gasteiger partial charge in [0.1, 0.15) is 0 Å². The standard InChI is InChI=1S/C8H14O7S.Na.H/c9-7(10)2-1-6(5-8(11)12)3-4-16(13,14)15;;/h6H,1-5H2,(H,9,10)(H,11,12)(H,13,14,15);;/q;+1;-1. The average Bonchev–Trinajstić information content (AvgIpc) is 2.07. The van der Waals surface area contributed by atoms with Gasteiger partial charge in [-0.25, -0.2) is 0 Å². The Kier molecular flexibility index (Phi) is 10.0. The summed E-state index contributed by atoms with van der Waals surface area (Å²) in [7, 11) is -4.13. The third-order valence-corrected chi connectivity index (χ3v) is 2.77. The van der Waals surface area contributed by atoms with Crippen LogP contribution in [0.3, 0.4) is 0 Å². The Labute approximate surface area is 123 Å². The van der Waals surface area contributed by atoms with E-state index in [1.165, 1.54) is 0 Å². The van der Waals surface area contributed by atoms with E-state index < -0.39 is 33.7 Å². The van der Waals surface area contributed by atoms with Crippen molar-refractivity contribution >= 4 is 22.1 Å². The maximum Gasteiger partial charge on any atom is 1.00 e. The Morgan fingerprint density at radius 1 is 1.12 bits per heavy atom. The topological polar surface area (TPSA) is 129 Å². The van der Waals surface area contributed by atoms with Crippen LogP contribution in [0.25, 0.3) is 0 Å².